The summed E-state index contributed by atoms with van der Waals surface area (Å²) in [6, 6.07) is 24.0. The minimum Gasteiger partial charge on any atom is -0.497 e. The smallest absolute Gasteiger partial charge is 0.271 e. The van der Waals surface area contributed by atoms with Crippen LogP contribution in [0, 0.1) is 0 Å². The lowest BCUT2D eigenvalue weighted by molar-refractivity contribution is -0.113. The number of nitrogens with one attached hydrogen (secondary N) is 1. The molecule has 38 heavy (non-hydrogen) atoms. The fourth-order valence-electron chi connectivity index (χ4n) is 4.48. The van der Waals surface area contributed by atoms with Crippen molar-refractivity contribution in [2.75, 3.05) is 31.4 Å². The molecule has 4 aromatic rings. The zero-order chi connectivity index (χ0) is 26.8. The third-order valence-corrected chi connectivity index (χ3v) is 7.40. The standard InChI is InChI=1S/C30H28N4O3S/c1-19-26(28(35)32-22-10-6-5-7-11-22)27(21-9-8-12-24(18-21)37-4)34-29(36)25(38-30(34)31-19)17-20-13-15-23(16-14-20)33(2)3/h5-18,27H,1-4H3,(H,32,35)/b25-17-. The highest BCUT2D eigenvalue weighted by atomic mass is 32.1. The molecule has 0 aliphatic carbocycles. The number of rotatable bonds is 6. The molecule has 8 heteroatoms. The molecule has 2 heterocycles. The summed E-state index contributed by atoms with van der Waals surface area (Å²) in [7, 11) is 5.56. The second kappa shape index (κ2) is 10.5. The number of thiazole rings is 1. The molecule has 0 radical (unpaired) electrons. The van der Waals surface area contributed by atoms with E-state index in [1.165, 1.54) is 11.3 Å². The van der Waals surface area contributed by atoms with Gasteiger partial charge in [-0.3, -0.25) is 14.2 Å². The molecule has 3 aromatic carbocycles. The number of amides is 1. The maximum Gasteiger partial charge on any atom is 0.271 e. The van der Waals surface area contributed by atoms with Gasteiger partial charge in [-0.05, 0) is 60.5 Å². The Morgan fingerprint density at radius 1 is 1.05 bits per heavy atom. The van der Waals surface area contributed by atoms with Crippen molar-refractivity contribution in [2.24, 2.45) is 4.99 Å². The number of hydrogen-bond acceptors (Lipinski definition) is 6. The Bertz CT molecular complexity index is 1700. The number of carbonyl (C=O) groups is 1. The number of ether oxygens (including phenoxy) is 1. The molecule has 5 rings (SSSR count). The zero-order valence-corrected chi connectivity index (χ0v) is 22.5. The van der Waals surface area contributed by atoms with Crippen LogP contribution in [0.25, 0.3) is 6.08 Å². The topological polar surface area (TPSA) is 75.9 Å². The fourth-order valence-corrected chi connectivity index (χ4v) is 5.53. The molecule has 192 valence electrons. The number of aromatic nitrogens is 1. The Balaban J connectivity index is 1.65. The van der Waals surface area contributed by atoms with Crippen LogP contribution in [0.5, 0.6) is 5.75 Å². The third kappa shape index (κ3) is 4.90. The minimum absolute atomic E-state index is 0.198. The van der Waals surface area contributed by atoms with Crippen LogP contribution in [-0.2, 0) is 4.79 Å². The molecule has 1 unspecified atom stereocenters. The number of carbonyl (C=O) groups excluding carboxylic acids is 1. The number of methoxy groups -OCH3 is 1. The molecule has 1 aromatic heterocycles. The largest absolute Gasteiger partial charge is 0.497 e. The fraction of sp³-hybridized carbons (Fsp3) is 0.167. The van der Waals surface area contributed by atoms with Crippen molar-refractivity contribution in [2.45, 2.75) is 13.0 Å². The predicted molar refractivity (Wildman–Crippen MR) is 153 cm³/mol. The molecule has 1 aliphatic heterocycles. The van der Waals surface area contributed by atoms with E-state index in [1.807, 2.05) is 111 Å². The first-order valence-electron chi connectivity index (χ1n) is 12.2. The van der Waals surface area contributed by atoms with Gasteiger partial charge in [0.05, 0.1) is 29.0 Å². The van der Waals surface area contributed by atoms with Crippen molar-refractivity contribution >= 4 is 34.7 Å². The summed E-state index contributed by atoms with van der Waals surface area (Å²) in [6.45, 7) is 1.81. The summed E-state index contributed by atoms with van der Waals surface area (Å²) in [5.74, 6) is 0.335. The normalized spacial score (nSPS) is 15.1. The van der Waals surface area contributed by atoms with E-state index in [1.54, 1.807) is 11.7 Å². The lowest BCUT2D eigenvalue weighted by Gasteiger charge is -2.25. The minimum atomic E-state index is -0.664. The number of anilines is 2. The molecule has 7 nitrogen and oxygen atoms in total. The molecule has 0 saturated carbocycles. The SMILES string of the molecule is COc1cccc(C2C(C(=O)Nc3ccccc3)=C(C)N=c3s/c(=C\c4ccc(N(C)C)cc4)c(=O)n32)c1. The van der Waals surface area contributed by atoms with E-state index >= 15 is 0 Å². The van der Waals surface area contributed by atoms with Gasteiger partial charge in [0, 0.05) is 25.5 Å². The van der Waals surface area contributed by atoms with Gasteiger partial charge in [0.1, 0.15) is 5.75 Å². The van der Waals surface area contributed by atoms with Crippen LogP contribution in [0.4, 0.5) is 11.4 Å². The lowest BCUT2D eigenvalue weighted by atomic mass is 9.95. The van der Waals surface area contributed by atoms with Gasteiger partial charge in [-0.25, -0.2) is 4.99 Å². The summed E-state index contributed by atoms with van der Waals surface area (Å²) < 4.78 is 7.62. The van der Waals surface area contributed by atoms with Gasteiger partial charge < -0.3 is 15.0 Å². The van der Waals surface area contributed by atoms with Crippen LogP contribution in [0.15, 0.2) is 99.9 Å². The van der Waals surface area contributed by atoms with E-state index in [9.17, 15) is 9.59 Å². The average Bonchev–Trinajstić information content (AvgIpc) is 3.22. The molecule has 1 aliphatic rings. The third-order valence-electron chi connectivity index (χ3n) is 6.41. The Morgan fingerprint density at radius 3 is 2.47 bits per heavy atom. The molecule has 1 atom stereocenters. The number of allylic oxidation sites excluding steroid dienone is 1. The number of benzene rings is 3. The number of fused-ring (bicyclic) bond motifs is 1. The second-order valence-corrected chi connectivity index (χ2v) is 10.2. The molecule has 1 amide bonds. The van der Waals surface area contributed by atoms with Gasteiger partial charge >= 0.3 is 0 Å². The average molecular weight is 525 g/mol. The number of nitrogens with zero attached hydrogens (tertiary/aromatic N) is 3. The summed E-state index contributed by atoms with van der Waals surface area (Å²) in [6.07, 6.45) is 1.87. The summed E-state index contributed by atoms with van der Waals surface area (Å²) in [5.41, 5.74) is 4.20. The number of hydrogen-bond donors (Lipinski definition) is 1. The van der Waals surface area contributed by atoms with E-state index in [0.717, 1.165) is 16.8 Å². The maximum absolute atomic E-state index is 13.9. The summed E-state index contributed by atoms with van der Waals surface area (Å²) in [4.78, 5) is 34.8. The van der Waals surface area contributed by atoms with Crippen molar-refractivity contribution < 1.29 is 9.53 Å². The van der Waals surface area contributed by atoms with Gasteiger partial charge in [-0.15, -0.1) is 0 Å². The van der Waals surface area contributed by atoms with E-state index in [4.69, 9.17) is 9.73 Å². The Kier molecular flexibility index (Phi) is 6.98. The van der Waals surface area contributed by atoms with Crippen molar-refractivity contribution in [1.82, 2.24) is 4.57 Å². The van der Waals surface area contributed by atoms with E-state index in [2.05, 4.69) is 5.32 Å². The predicted octanol–water partition coefficient (Wildman–Crippen LogP) is 3.95. The second-order valence-electron chi connectivity index (χ2n) is 9.16. The molecule has 1 N–H and O–H groups in total. The molecule has 0 bridgehead atoms. The first-order valence-corrected chi connectivity index (χ1v) is 13.0. The highest BCUT2D eigenvalue weighted by molar-refractivity contribution is 7.07. The van der Waals surface area contributed by atoms with Crippen molar-refractivity contribution in [1.29, 1.82) is 0 Å². The van der Waals surface area contributed by atoms with Gasteiger partial charge in [0.15, 0.2) is 4.80 Å². The highest BCUT2D eigenvalue weighted by Gasteiger charge is 2.32. The van der Waals surface area contributed by atoms with Crippen LogP contribution in [0.3, 0.4) is 0 Å². The molecular weight excluding hydrogens is 496 g/mol. The van der Waals surface area contributed by atoms with Crippen LogP contribution in [-0.4, -0.2) is 31.7 Å². The highest BCUT2D eigenvalue weighted by Crippen LogP contribution is 2.32. The summed E-state index contributed by atoms with van der Waals surface area (Å²) >= 11 is 1.32. The van der Waals surface area contributed by atoms with Crippen LogP contribution in [0.1, 0.15) is 24.1 Å². The molecule has 0 fully saturated rings. The van der Waals surface area contributed by atoms with Gasteiger partial charge in [0.2, 0.25) is 0 Å². The Hall–Kier alpha value is -4.43. The zero-order valence-electron chi connectivity index (χ0n) is 21.6. The summed E-state index contributed by atoms with van der Waals surface area (Å²) in [5, 5.41) is 2.97. The molecular formula is C30H28N4O3S. The van der Waals surface area contributed by atoms with Crippen LogP contribution in [0.2, 0.25) is 0 Å². The van der Waals surface area contributed by atoms with Crippen LogP contribution < -0.4 is 29.8 Å². The Labute approximate surface area is 224 Å². The van der Waals surface area contributed by atoms with Crippen molar-refractivity contribution in [3.8, 4) is 5.75 Å². The number of para-hydroxylation sites is 1. The van der Waals surface area contributed by atoms with E-state index in [-0.39, 0.29) is 11.5 Å². The van der Waals surface area contributed by atoms with Gasteiger partial charge in [-0.2, -0.15) is 0 Å². The van der Waals surface area contributed by atoms with Gasteiger partial charge in [0.25, 0.3) is 11.5 Å². The lowest BCUT2D eigenvalue weighted by Crippen LogP contribution is -2.40. The molecule has 0 saturated heterocycles. The van der Waals surface area contributed by atoms with Crippen molar-refractivity contribution in [3.63, 3.8) is 0 Å². The van der Waals surface area contributed by atoms with Gasteiger partial charge in [-0.1, -0.05) is 53.8 Å². The van der Waals surface area contributed by atoms with Crippen molar-refractivity contribution in [3.05, 3.63) is 121 Å². The van der Waals surface area contributed by atoms with Crippen LogP contribution >= 0.6 is 11.3 Å². The molecule has 0 spiro atoms. The quantitative estimate of drug-likeness (QED) is 0.415. The maximum atomic E-state index is 13.9. The van der Waals surface area contributed by atoms with E-state index in [0.29, 0.717) is 32.0 Å². The van der Waals surface area contributed by atoms with E-state index < -0.39 is 6.04 Å². The monoisotopic (exact) mass is 524 g/mol. The first kappa shape index (κ1) is 25.2. The first-order chi connectivity index (χ1) is 18.4. The Morgan fingerprint density at radius 2 is 1.79 bits per heavy atom.